The Morgan fingerprint density at radius 3 is 2.64 bits per heavy atom. The van der Waals surface area contributed by atoms with E-state index in [-0.39, 0.29) is 17.4 Å². The highest BCUT2D eigenvalue weighted by molar-refractivity contribution is 6.35. The van der Waals surface area contributed by atoms with Gasteiger partial charge in [-0.25, -0.2) is 4.39 Å². The third-order valence-electron chi connectivity index (χ3n) is 3.85. The molecule has 132 valence electrons. The van der Waals surface area contributed by atoms with Crippen molar-refractivity contribution in [1.29, 1.82) is 0 Å². The van der Waals surface area contributed by atoms with E-state index in [2.05, 4.69) is 5.32 Å². The summed E-state index contributed by atoms with van der Waals surface area (Å²) in [6, 6.07) is 7.49. The van der Waals surface area contributed by atoms with Gasteiger partial charge in [0.2, 0.25) is 5.91 Å². The van der Waals surface area contributed by atoms with Crippen LogP contribution in [0.1, 0.15) is 24.1 Å². The van der Waals surface area contributed by atoms with Gasteiger partial charge in [0.25, 0.3) is 0 Å². The first kappa shape index (κ1) is 17.8. The fourth-order valence-corrected chi connectivity index (χ4v) is 3.17. The van der Waals surface area contributed by atoms with E-state index in [1.54, 1.807) is 19.1 Å². The van der Waals surface area contributed by atoms with Crippen LogP contribution in [0.5, 0.6) is 11.5 Å². The Balaban J connectivity index is 1.67. The minimum absolute atomic E-state index is 0.0523. The monoisotopic (exact) mass is 383 g/mol. The van der Waals surface area contributed by atoms with Crippen LogP contribution in [0.3, 0.4) is 0 Å². The lowest BCUT2D eigenvalue weighted by molar-refractivity contribution is -0.121. The summed E-state index contributed by atoms with van der Waals surface area (Å²) < 4.78 is 24.6. The molecule has 1 N–H and O–H groups in total. The summed E-state index contributed by atoms with van der Waals surface area (Å²) >= 11 is 11.8. The van der Waals surface area contributed by atoms with E-state index in [9.17, 15) is 9.18 Å². The van der Waals surface area contributed by atoms with Crippen LogP contribution in [-0.2, 0) is 11.2 Å². The fourth-order valence-electron chi connectivity index (χ4n) is 2.62. The van der Waals surface area contributed by atoms with Crippen LogP contribution >= 0.6 is 23.2 Å². The Kier molecular flexibility index (Phi) is 5.35. The molecule has 0 spiro atoms. The molecule has 1 aliphatic rings. The van der Waals surface area contributed by atoms with Crippen LogP contribution in [0.15, 0.2) is 30.3 Å². The van der Waals surface area contributed by atoms with Crippen molar-refractivity contribution in [3.05, 3.63) is 57.3 Å². The topological polar surface area (TPSA) is 47.6 Å². The van der Waals surface area contributed by atoms with Gasteiger partial charge in [-0.1, -0.05) is 29.3 Å². The standard InChI is InChI=1S/C18H16Cl2FNO3/c1-10(12-8-15(21)14(20)9-13(12)19)22-18(23)7-11-2-3-16-17(6-11)25-5-4-24-16/h2-3,6,8-10H,4-5,7H2,1H3,(H,22,23)/t10-/m0/s1. The van der Waals surface area contributed by atoms with Crippen molar-refractivity contribution in [3.8, 4) is 11.5 Å². The number of fused-ring (bicyclic) bond motifs is 1. The minimum atomic E-state index is -0.575. The lowest BCUT2D eigenvalue weighted by Gasteiger charge is -2.19. The Labute approximate surface area is 154 Å². The molecule has 1 amide bonds. The molecule has 0 unspecified atom stereocenters. The van der Waals surface area contributed by atoms with Crippen LogP contribution in [0.25, 0.3) is 0 Å². The highest BCUT2D eigenvalue weighted by Gasteiger charge is 2.17. The molecular weight excluding hydrogens is 368 g/mol. The van der Waals surface area contributed by atoms with Crippen LogP contribution in [-0.4, -0.2) is 19.1 Å². The number of nitrogens with one attached hydrogen (secondary N) is 1. The minimum Gasteiger partial charge on any atom is -0.486 e. The number of amides is 1. The average Bonchev–Trinajstić information content (AvgIpc) is 2.57. The summed E-state index contributed by atoms with van der Waals surface area (Å²) in [5, 5.41) is 3.06. The van der Waals surface area contributed by atoms with Gasteiger partial charge in [-0.3, -0.25) is 4.79 Å². The van der Waals surface area contributed by atoms with Crippen LogP contribution in [0, 0.1) is 5.82 Å². The molecule has 4 nitrogen and oxygen atoms in total. The largest absolute Gasteiger partial charge is 0.486 e. The van der Waals surface area contributed by atoms with Gasteiger partial charge in [-0.2, -0.15) is 0 Å². The van der Waals surface area contributed by atoms with E-state index in [1.807, 2.05) is 6.07 Å². The zero-order valence-electron chi connectivity index (χ0n) is 13.4. The maximum Gasteiger partial charge on any atom is 0.224 e. The van der Waals surface area contributed by atoms with Gasteiger partial charge in [0, 0.05) is 5.02 Å². The van der Waals surface area contributed by atoms with Crippen LogP contribution in [0.4, 0.5) is 4.39 Å². The molecular formula is C18H16Cl2FNO3. The average molecular weight is 384 g/mol. The van der Waals surface area contributed by atoms with Gasteiger partial charge < -0.3 is 14.8 Å². The molecule has 0 saturated carbocycles. The predicted molar refractivity (Wildman–Crippen MR) is 94.1 cm³/mol. The van der Waals surface area contributed by atoms with Crippen molar-refractivity contribution in [2.24, 2.45) is 0 Å². The summed E-state index contributed by atoms with van der Waals surface area (Å²) in [7, 11) is 0. The molecule has 7 heteroatoms. The molecule has 0 aliphatic carbocycles. The second kappa shape index (κ2) is 7.50. The maximum absolute atomic E-state index is 13.6. The molecule has 2 aromatic rings. The molecule has 2 aromatic carbocycles. The van der Waals surface area contributed by atoms with Gasteiger partial charge in [-0.15, -0.1) is 0 Å². The van der Waals surface area contributed by atoms with E-state index < -0.39 is 11.9 Å². The van der Waals surface area contributed by atoms with E-state index in [4.69, 9.17) is 32.7 Å². The van der Waals surface area contributed by atoms with E-state index in [0.717, 1.165) is 5.56 Å². The van der Waals surface area contributed by atoms with Crippen LogP contribution < -0.4 is 14.8 Å². The van der Waals surface area contributed by atoms with E-state index in [1.165, 1.54) is 12.1 Å². The SMILES string of the molecule is C[C@H](NC(=O)Cc1ccc2c(c1)OCCO2)c1cc(F)c(Cl)cc1Cl. The first-order valence-corrected chi connectivity index (χ1v) is 8.52. The Morgan fingerprint density at radius 1 is 1.16 bits per heavy atom. The molecule has 3 rings (SSSR count). The van der Waals surface area contributed by atoms with Gasteiger partial charge in [0.05, 0.1) is 17.5 Å². The molecule has 0 fully saturated rings. The number of carbonyl (C=O) groups is 1. The first-order valence-electron chi connectivity index (χ1n) is 7.76. The zero-order valence-corrected chi connectivity index (χ0v) is 15.0. The van der Waals surface area contributed by atoms with Crippen LogP contribution in [0.2, 0.25) is 10.0 Å². The zero-order chi connectivity index (χ0) is 18.0. The molecule has 0 saturated heterocycles. The summed E-state index contributed by atoms with van der Waals surface area (Å²) in [6.07, 6.45) is 0.161. The van der Waals surface area contributed by atoms with Crippen molar-refractivity contribution in [2.45, 2.75) is 19.4 Å². The Bertz CT molecular complexity index is 813. The van der Waals surface area contributed by atoms with Gasteiger partial charge in [0.1, 0.15) is 19.0 Å². The maximum atomic E-state index is 13.6. The van der Waals surface area contributed by atoms with E-state index in [0.29, 0.717) is 35.3 Å². The molecule has 1 aliphatic heterocycles. The molecule has 1 heterocycles. The van der Waals surface area contributed by atoms with Gasteiger partial charge in [0.15, 0.2) is 11.5 Å². The number of rotatable bonds is 4. The summed E-state index contributed by atoms with van der Waals surface area (Å²) in [6.45, 7) is 2.74. The lowest BCUT2D eigenvalue weighted by atomic mass is 10.1. The Morgan fingerprint density at radius 2 is 1.88 bits per heavy atom. The highest BCUT2D eigenvalue weighted by Crippen LogP contribution is 2.31. The number of carbonyl (C=O) groups excluding carboxylic acids is 1. The van der Waals surface area contributed by atoms with Crippen molar-refractivity contribution >= 4 is 29.1 Å². The molecule has 0 bridgehead atoms. The number of benzene rings is 2. The number of hydrogen-bond donors (Lipinski definition) is 1. The van der Waals surface area contributed by atoms with Crippen molar-refractivity contribution in [1.82, 2.24) is 5.32 Å². The molecule has 1 atom stereocenters. The van der Waals surface area contributed by atoms with Crippen molar-refractivity contribution in [2.75, 3.05) is 13.2 Å². The molecule has 0 aromatic heterocycles. The summed E-state index contributed by atoms with van der Waals surface area (Å²) in [5.74, 6) is 0.518. The number of halogens is 3. The summed E-state index contributed by atoms with van der Waals surface area (Å²) in [5.41, 5.74) is 1.27. The third kappa shape index (κ3) is 4.17. The first-order chi connectivity index (χ1) is 11.9. The number of hydrogen-bond acceptors (Lipinski definition) is 3. The highest BCUT2D eigenvalue weighted by atomic mass is 35.5. The second-order valence-electron chi connectivity index (χ2n) is 5.73. The second-order valence-corrected chi connectivity index (χ2v) is 6.55. The normalized spacial score (nSPS) is 14.1. The smallest absolute Gasteiger partial charge is 0.224 e. The third-order valence-corrected chi connectivity index (χ3v) is 4.47. The fraction of sp³-hybridized carbons (Fsp3) is 0.278. The van der Waals surface area contributed by atoms with Gasteiger partial charge in [-0.05, 0) is 42.3 Å². The predicted octanol–water partition coefficient (Wildman–Crippen LogP) is 4.32. The summed E-state index contributed by atoms with van der Waals surface area (Å²) in [4.78, 5) is 12.3. The molecule has 25 heavy (non-hydrogen) atoms. The number of ether oxygens (including phenoxy) is 2. The van der Waals surface area contributed by atoms with Gasteiger partial charge >= 0.3 is 0 Å². The molecule has 0 radical (unpaired) electrons. The lowest BCUT2D eigenvalue weighted by Crippen LogP contribution is -2.28. The van der Waals surface area contributed by atoms with E-state index >= 15 is 0 Å². The van der Waals surface area contributed by atoms with Crippen molar-refractivity contribution in [3.63, 3.8) is 0 Å². The van der Waals surface area contributed by atoms with Crippen molar-refractivity contribution < 1.29 is 18.7 Å². The quantitative estimate of drug-likeness (QED) is 0.799. The Hall–Kier alpha value is -1.98.